The monoisotopic (exact) mass is 370 g/mol. The molecule has 0 radical (unpaired) electrons. The Labute approximate surface area is 159 Å². The molecule has 3 aromatic rings. The summed E-state index contributed by atoms with van der Waals surface area (Å²) in [6.45, 7) is 0. The van der Waals surface area contributed by atoms with Crippen LogP contribution in [-0.4, -0.2) is 16.3 Å². The van der Waals surface area contributed by atoms with Gasteiger partial charge < -0.3 is 5.73 Å². The first-order chi connectivity index (χ1) is 11.8. The van der Waals surface area contributed by atoms with E-state index in [4.69, 9.17) is 10.7 Å². The quantitative estimate of drug-likeness (QED) is 0.644. The second-order valence-electron chi connectivity index (χ2n) is 6.50. The van der Waals surface area contributed by atoms with Crippen molar-refractivity contribution in [1.82, 2.24) is 4.98 Å². The molecule has 2 aromatic carbocycles. The van der Waals surface area contributed by atoms with Crippen LogP contribution in [0.5, 0.6) is 0 Å². The molecular weight excluding hydrogens is 348 g/mol. The van der Waals surface area contributed by atoms with E-state index in [0.717, 1.165) is 17.0 Å². The maximum Gasteiger partial charge on any atom is 0.105 e. The minimum absolute atomic E-state index is 0. The van der Waals surface area contributed by atoms with Crippen molar-refractivity contribution in [3.63, 3.8) is 0 Å². The molecule has 4 rings (SSSR count). The number of nitrogens with zero attached hydrogens (tertiary/aromatic N) is 1. The van der Waals surface area contributed by atoms with Crippen LogP contribution in [-0.2, 0) is 0 Å². The number of rotatable bonds is 3. The molecule has 1 aliphatic rings. The van der Waals surface area contributed by atoms with E-state index in [1.54, 1.807) is 0 Å². The van der Waals surface area contributed by atoms with Crippen molar-refractivity contribution in [3.8, 4) is 11.1 Å². The predicted molar refractivity (Wildman–Crippen MR) is 111 cm³/mol. The average Bonchev–Trinajstić information content (AvgIpc) is 2.64. The van der Waals surface area contributed by atoms with Crippen LogP contribution in [0.2, 0.25) is 0 Å². The Hall–Kier alpha value is -1.55. The van der Waals surface area contributed by atoms with E-state index in [1.807, 2.05) is 11.8 Å². The molecule has 0 amide bonds. The molecule has 1 heterocycles. The van der Waals surface area contributed by atoms with Gasteiger partial charge in [0, 0.05) is 22.2 Å². The molecular formula is C21H23ClN2S. The van der Waals surface area contributed by atoms with Crippen molar-refractivity contribution in [2.45, 2.75) is 42.0 Å². The number of hydrogen-bond donors (Lipinski definition) is 1. The lowest BCUT2D eigenvalue weighted by atomic mass is 9.96. The molecule has 0 saturated heterocycles. The fraction of sp³-hybridized carbons (Fsp3) is 0.286. The van der Waals surface area contributed by atoms with Crippen LogP contribution in [0, 0.1) is 0 Å². The number of hydrogen-bond acceptors (Lipinski definition) is 3. The molecule has 0 bridgehead atoms. The summed E-state index contributed by atoms with van der Waals surface area (Å²) < 4.78 is 0. The van der Waals surface area contributed by atoms with Crippen molar-refractivity contribution >= 4 is 35.1 Å². The standard InChI is InChI=1S/C21H22N2S.ClH/c22-18-11-5-7-13-20(18)24-21-17(15-8-2-1-3-9-15)14-16-10-4-6-12-19(16)23-21;/h1-4,6,8-10,12,14,18,20H,5,7,11,13,22H2;1H/t18-,20+;/m0./s1. The van der Waals surface area contributed by atoms with Crippen molar-refractivity contribution in [2.75, 3.05) is 0 Å². The Morgan fingerprint density at radius 2 is 1.64 bits per heavy atom. The van der Waals surface area contributed by atoms with Crippen LogP contribution in [0.4, 0.5) is 0 Å². The summed E-state index contributed by atoms with van der Waals surface area (Å²) in [6, 6.07) is 21.5. The zero-order chi connectivity index (χ0) is 16.4. The van der Waals surface area contributed by atoms with E-state index in [1.165, 1.54) is 35.8 Å². The Kier molecular flexibility index (Phi) is 6.00. The van der Waals surface area contributed by atoms with Crippen molar-refractivity contribution < 1.29 is 0 Å². The number of pyridine rings is 1. The SMILES string of the molecule is Cl.N[C@H]1CCCC[C@H]1Sc1nc2ccccc2cc1-c1ccccc1. The molecule has 2 N–H and O–H groups in total. The van der Waals surface area contributed by atoms with Gasteiger partial charge in [-0.05, 0) is 30.5 Å². The second kappa shape index (κ2) is 8.22. The van der Waals surface area contributed by atoms with Gasteiger partial charge in [-0.1, -0.05) is 61.4 Å². The Balaban J connectivity index is 0.00000182. The van der Waals surface area contributed by atoms with E-state index < -0.39 is 0 Å². The summed E-state index contributed by atoms with van der Waals surface area (Å²) in [5.41, 5.74) is 9.88. The third-order valence-electron chi connectivity index (χ3n) is 4.79. The molecule has 1 saturated carbocycles. The van der Waals surface area contributed by atoms with E-state index >= 15 is 0 Å². The van der Waals surface area contributed by atoms with E-state index in [2.05, 4.69) is 60.7 Å². The van der Waals surface area contributed by atoms with Crippen LogP contribution in [0.25, 0.3) is 22.0 Å². The highest BCUT2D eigenvalue weighted by Gasteiger charge is 2.24. The molecule has 1 aliphatic carbocycles. The normalized spacial score (nSPS) is 20.2. The molecule has 0 unspecified atom stereocenters. The lowest BCUT2D eigenvalue weighted by Crippen LogP contribution is -2.35. The lowest BCUT2D eigenvalue weighted by molar-refractivity contribution is 0.453. The van der Waals surface area contributed by atoms with Gasteiger partial charge in [0.1, 0.15) is 5.03 Å². The first-order valence-corrected chi connectivity index (χ1v) is 9.57. The van der Waals surface area contributed by atoms with Crippen molar-refractivity contribution in [3.05, 3.63) is 60.7 Å². The number of thioether (sulfide) groups is 1. The summed E-state index contributed by atoms with van der Waals surface area (Å²) >= 11 is 1.87. The number of nitrogens with two attached hydrogens (primary N) is 1. The molecule has 2 nitrogen and oxygen atoms in total. The van der Waals surface area contributed by atoms with Gasteiger partial charge in [0.2, 0.25) is 0 Å². The van der Waals surface area contributed by atoms with Gasteiger partial charge in [0.25, 0.3) is 0 Å². The summed E-state index contributed by atoms with van der Waals surface area (Å²) in [4.78, 5) is 4.99. The Morgan fingerprint density at radius 3 is 2.44 bits per heavy atom. The molecule has 1 fully saturated rings. The van der Waals surface area contributed by atoms with Crippen LogP contribution < -0.4 is 5.73 Å². The zero-order valence-electron chi connectivity index (χ0n) is 14.1. The Morgan fingerprint density at radius 1 is 0.920 bits per heavy atom. The van der Waals surface area contributed by atoms with Crippen LogP contribution in [0.1, 0.15) is 25.7 Å². The number of fused-ring (bicyclic) bond motifs is 1. The van der Waals surface area contributed by atoms with Crippen LogP contribution in [0.3, 0.4) is 0 Å². The molecule has 25 heavy (non-hydrogen) atoms. The minimum Gasteiger partial charge on any atom is -0.327 e. The number of aromatic nitrogens is 1. The van der Waals surface area contributed by atoms with E-state index in [9.17, 15) is 0 Å². The zero-order valence-corrected chi connectivity index (χ0v) is 15.7. The summed E-state index contributed by atoms with van der Waals surface area (Å²) in [6.07, 6.45) is 4.86. The summed E-state index contributed by atoms with van der Waals surface area (Å²) in [5.74, 6) is 0. The highest BCUT2D eigenvalue weighted by molar-refractivity contribution is 8.00. The van der Waals surface area contributed by atoms with Gasteiger partial charge in [-0.3, -0.25) is 0 Å². The van der Waals surface area contributed by atoms with Gasteiger partial charge in [-0.2, -0.15) is 0 Å². The third-order valence-corrected chi connectivity index (χ3v) is 6.21. The fourth-order valence-corrected chi connectivity index (χ4v) is 4.76. The maximum atomic E-state index is 6.38. The van der Waals surface area contributed by atoms with Gasteiger partial charge in [-0.15, -0.1) is 24.2 Å². The minimum atomic E-state index is 0. The largest absolute Gasteiger partial charge is 0.327 e. The average molecular weight is 371 g/mol. The van der Waals surface area contributed by atoms with Gasteiger partial charge >= 0.3 is 0 Å². The summed E-state index contributed by atoms with van der Waals surface area (Å²) in [5, 5.41) is 2.77. The van der Waals surface area contributed by atoms with Gasteiger partial charge in [-0.25, -0.2) is 4.98 Å². The second-order valence-corrected chi connectivity index (χ2v) is 7.73. The van der Waals surface area contributed by atoms with Gasteiger partial charge in [0.05, 0.1) is 5.52 Å². The Bertz CT molecular complexity index is 838. The van der Waals surface area contributed by atoms with Crippen LogP contribution >= 0.6 is 24.2 Å². The maximum absolute atomic E-state index is 6.38. The first kappa shape index (κ1) is 18.2. The number of benzene rings is 2. The molecule has 4 heteroatoms. The first-order valence-electron chi connectivity index (χ1n) is 8.69. The molecule has 130 valence electrons. The molecule has 2 atom stereocenters. The molecule has 0 aliphatic heterocycles. The topological polar surface area (TPSA) is 38.9 Å². The number of para-hydroxylation sites is 1. The fourth-order valence-electron chi connectivity index (χ4n) is 3.43. The van der Waals surface area contributed by atoms with Crippen molar-refractivity contribution in [1.29, 1.82) is 0 Å². The van der Waals surface area contributed by atoms with Crippen LogP contribution in [0.15, 0.2) is 65.7 Å². The lowest BCUT2D eigenvalue weighted by Gasteiger charge is -2.28. The van der Waals surface area contributed by atoms with E-state index in [0.29, 0.717) is 5.25 Å². The van der Waals surface area contributed by atoms with Gasteiger partial charge in [0.15, 0.2) is 0 Å². The third kappa shape index (κ3) is 4.00. The molecule has 1 aromatic heterocycles. The highest BCUT2D eigenvalue weighted by Crippen LogP contribution is 2.38. The smallest absolute Gasteiger partial charge is 0.105 e. The predicted octanol–water partition coefficient (Wildman–Crippen LogP) is 5.69. The van der Waals surface area contributed by atoms with Crippen molar-refractivity contribution in [2.24, 2.45) is 5.73 Å². The highest BCUT2D eigenvalue weighted by atomic mass is 35.5. The summed E-state index contributed by atoms with van der Waals surface area (Å²) in [7, 11) is 0. The molecule has 0 spiro atoms. The number of halogens is 1. The van der Waals surface area contributed by atoms with E-state index in [-0.39, 0.29) is 18.4 Å².